The van der Waals surface area contributed by atoms with Crippen LogP contribution in [0.4, 0.5) is 0 Å². The van der Waals surface area contributed by atoms with Crippen molar-refractivity contribution in [2.75, 3.05) is 13.6 Å². The van der Waals surface area contributed by atoms with Crippen molar-refractivity contribution in [2.24, 2.45) is 5.41 Å². The Morgan fingerprint density at radius 2 is 1.69 bits per heavy atom. The Bertz CT molecular complexity index is 138. The van der Waals surface area contributed by atoms with Gasteiger partial charge >= 0.3 is 0 Å². The molecule has 0 saturated carbocycles. The third-order valence-corrected chi connectivity index (χ3v) is 2.16. The molecule has 2 unspecified atom stereocenters. The van der Waals surface area contributed by atoms with E-state index < -0.39 is 0 Å². The highest BCUT2D eigenvalue weighted by molar-refractivity contribution is 4.72. The maximum atomic E-state index is 9.24. The first-order valence-electron chi connectivity index (χ1n) is 5.10. The third kappa shape index (κ3) is 7.03. The molecular weight excluding hydrogens is 162 g/mol. The summed E-state index contributed by atoms with van der Waals surface area (Å²) >= 11 is 0. The molecule has 0 aliphatic heterocycles. The molecule has 2 heteroatoms. The second kappa shape index (κ2) is 4.97. The lowest BCUT2D eigenvalue weighted by Crippen LogP contribution is -2.37. The molecule has 0 rings (SSSR count). The summed E-state index contributed by atoms with van der Waals surface area (Å²) in [6, 6.07) is 0.458. The largest absolute Gasteiger partial charge is 0.393 e. The molecule has 0 heterocycles. The average molecular weight is 187 g/mol. The number of aliphatic hydroxyl groups is 1. The van der Waals surface area contributed by atoms with Crippen LogP contribution in [-0.2, 0) is 0 Å². The summed E-state index contributed by atoms with van der Waals surface area (Å²) in [5.74, 6) is 0. The Morgan fingerprint density at radius 3 is 2.00 bits per heavy atom. The van der Waals surface area contributed by atoms with Crippen LogP contribution in [0.15, 0.2) is 0 Å². The SMILES string of the molecule is CC(O)CC(C)N(C)CC(C)(C)C. The third-order valence-electron chi connectivity index (χ3n) is 2.16. The van der Waals surface area contributed by atoms with Crippen molar-refractivity contribution in [3.63, 3.8) is 0 Å². The molecule has 0 radical (unpaired) electrons. The molecule has 0 saturated heterocycles. The summed E-state index contributed by atoms with van der Waals surface area (Å²) in [6.07, 6.45) is 0.657. The predicted octanol–water partition coefficient (Wildman–Crippen LogP) is 2.12. The van der Waals surface area contributed by atoms with Gasteiger partial charge in [-0.15, -0.1) is 0 Å². The first-order chi connectivity index (χ1) is 5.72. The summed E-state index contributed by atoms with van der Waals surface area (Å²) in [5, 5.41) is 9.24. The standard InChI is InChI=1S/C11H25NO/c1-9(7-10(2)13)12(6)8-11(3,4)5/h9-10,13H,7-8H2,1-6H3. The average Bonchev–Trinajstić information content (AvgIpc) is 1.81. The number of hydrogen-bond donors (Lipinski definition) is 1. The molecule has 80 valence electrons. The van der Waals surface area contributed by atoms with Gasteiger partial charge in [0.2, 0.25) is 0 Å². The van der Waals surface area contributed by atoms with Gasteiger partial charge in [-0.3, -0.25) is 0 Å². The molecule has 0 aromatic carbocycles. The molecule has 0 bridgehead atoms. The molecule has 0 aliphatic carbocycles. The molecule has 0 spiro atoms. The zero-order valence-corrected chi connectivity index (χ0v) is 9.96. The lowest BCUT2D eigenvalue weighted by molar-refractivity contribution is 0.114. The molecule has 1 N–H and O–H groups in total. The fourth-order valence-electron chi connectivity index (χ4n) is 1.58. The molecule has 0 aliphatic rings. The summed E-state index contributed by atoms with van der Waals surface area (Å²) in [4.78, 5) is 2.31. The van der Waals surface area contributed by atoms with Crippen LogP contribution in [0, 0.1) is 5.41 Å². The highest BCUT2D eigenvalue weighted by Crippen LogP contribution is 2.17. The smallest absolute Gasteiger partial charge is 0.0526 e. The van der Waals surface area contributed by atoms with E-state index in [0.717, 1.165) is 13.0 Å². The van der Waals surface area contributed by atoms with E-state index in [1.54, 1.807) is 0 Å². The molecule has 0 aromatic rings. The Morgan fingerprint density at radius 1 is 1.23 bits per heavy atom. The number of nitrogens with zero attached hydrogens (tertiary/aromatic N) is 1. The van der Waals surface area contributed by atoms with Crippen LogP contribution in [0.25, 0.3) is 0 Å². The van der Waals surface area contributed by atoms with Gasteiger partial charge in [-0.05, 0) is 32.7 Å². The van der Waals surface area contributed by atoms with E-state index in [1.807, 2.05) is 6.92 Å². The van der Waals surface area contributed by atoms with Crippen molar-refractivity contribution in [1.82, 2.24) is 4.90 Å². The summed E-state index contributed by atoms with van der Waals surface area (Å²) in [5.41, 5.74) is 0.335. The molecule has 0 aromatic heterocycles. The summed E-state index contributed by atoms with van der Waals surface area (Å²) < 4.78 is 0. The maximum absolute atomic E-state index is 9.24. The van der Waals surface area contributed by atoms with Gasteiger partial charge < -0.3 is 10.0 Å². The van der Waals surface area contributed by atoms with Crippen molar-refractivity contribution < 1.29 is 5.11 Å². The predicted molar refractivity (Wildman–Crippen MR) is 57.8 cm³/mol. The van der Waals surface area contributed by atoms with Crippen LogP contribution < -0.4 is 0 Å². The Labute approximate surface area is 82.9 Å². The van der Waals surface area contributed by atoms with Crippen LogP contribution in [0.1, 0.15) is 41.0 Å². The van der Waals surface area contributed by atoms with Crippen LogP contribution in [0.2, 0.25) is 0 Å². The van der Waals surface area contributed by atoms with Crippen molar-refractivity contribution >= 4 is 0 Å². The van der Waals surface area contributed by atoms with E-state index in [2.05, 4.69) is 39.6 Å². The highest BCUT2D eigenvalue weighted by atomic mass is 16.3. The van der Waals surface area contributed by atoms with Crippen LogP contribution in [0.5, 0.6) is 0 Å². The van der Waals surface area contributed by atoms with E-state index >= 15 is 0 Å². The molecule has 13 heavy (non-hydrogen) atoms. The van der Waals surface area contributed by atoms with Gasteiger partial charge in [0.1, 0.15) is 0 Å². The summed E-state index contributed by atoms with van der Waals surface area (Å²) in [7, 11) is 2.12. The Hall–Kier alpha value is -0.0800. The van der Waals surface area contributed by atoms with Crippen molar-refractivity contribution in [2.45, 2.75) is 53.2 Å². The number of rotatable bonds is 4. The van der Waals surface area contributed by atoms with Gasteiger partial charge in [-0.25, -0.2) is 0 Å². The quantitative estimate of drug-likeness (QED) is 0.729. The normalized spacial score (nSPS) is 17.5. The molecule has 0 fully saturated rings. The number of aliphatic hydroxyl groups excluding tert-OH is 1. The van der Waals surface area contributed by atoms with Crippen molar-refractivity contribution in [3.05, 3.63) is 0 Å². The maximum Gasteiger partial charge on any atom is 0.0526 e. The number of hydrogen-bond acceptors (Lipinski definition) is 2. The highest BCUT2D eigenvalue weighted by Gasteiger charge is 2.18. The molecule has 2 nitrogen and oxygen atoms in total. The zero-order chi connectivity index (χ0) is 10.6. The van der Waals surface area contributed by atoms with E-state index in [4.69, 9.17) is 0 Å². The monoisotopic (exact) mass is 187 g/mol. The molecular formula is C11H25NO. The lowest BCUT2D eigenvalue weighted by atomic mass is 9.95. The second-order valence-corrected chi connectivity index (χ2v) is 5.41. The van der Waals surface area contributed by atoms with E-state index in [-0.39, 0.29) is 6.10 Å². The van der Waals surface area contributed by atoms with Gasteiger partial charge in [0.15, 0.2) is 0 Å². The van der Waals surface area contributed by atoms with Crippen LogP contribution in [0.3, 0.4) is 0 Å². The fraction of sp³-hybridized carbons (Fsp3) is 1.00. The van der Waals surface area contributed by atoms with Gasteiger partial charge in [0, 0.05) is 12.6 Å². The van der Waals surface area contributed by atoms with Crippen LogP contribution >= 0.6 is 0 Å². The van der Waals surface area contributed by atoms with Gasteiger partial charge in [-0.1, -0.05) is 20.8 Å². The minimum Gasteiger partial charge on any atom is -0.393 e. The Kier molecular flexibility index (Phi) is 4.93. The van der Waals surface area contributed by atoms with E-state index in [9.17, 15) is 5.11 Å². The topological polar surface area (TPSA) is 23.5 Å². The molecule has 2 atom stereocenters. The summed E-state index contributed by atoms with van der Waals surface area (Å²) in [6.45, 7) is 11.8. The zero-order valence-electron chi connectivity index (χ0n) is 9.96. The minimum absolute atomic E-state index is 0.197. The minimum atomic E-state index is -0.197. The van der Waals surface area contributed by atoms with Gasteiger partial charge in [-0.2, -0.15) is 0 Å². The Balaban J connectivity index is 3.89. The first-order valence-corrected chi connectivity index (χ1v) is 5.10. The van der Waals surface area contributed by atoms with E-state index in [0.29, 0.717) is 11.5 Å². The first kappa shape index (κ1) is 12.9. The van der Waals surface area contributed by atoms with E-state index in [1.165, 1.54) is 0 Å². The fourth-order valence-corrected chi connectivity index (χ4v) is 1.58. The second-order valence-electron chi connectivity index (χ2n) is 5.41. The van der Waals surface area contributed by atoms with Crippen LogP contribution in [-0.4, -0.2) is 35.7 Å². The van der Waals surface area contributed by atoms with Crippen molar-refractivity contribution in [3.8, 4) is 0 Å². The van der Waals surface area contributed by atoms with Gasteiger partial charge in [0.05, 0.1) is 6.10 Å². The lowest BCUT2D eigenvalue weighted by Gasteiger charge is -2.31. The van der Waals surface area contributed by atoms with Crippen molar-refractivity contribution in [1.29, 1.82) is 0 Å². The molecule has 0 amide bonds. The van der Waals surface area contributed by atoms with Gasteiger partial charge in [0.25, 0.3) is 0 Å².